The molecule has 0 bridgehead atoms. The minimum Gasteiger partial charge on any atom is -0.115 e. The maximum absolute atomic E-state index is 5.79. The third kappa shape index (κ3) is 62.2. The Balaban J connectivity index is -0.0000000811. The van der Waals surface area contributed by atoms with Gasteiger partial charge < -0.3 is 0 Å². The van der Waals surface area contributed by atoms with Crippen LogP contribution in [0, 0.1) is 23.7 Å². The van der Waals surface area contributed by atoms with Crippen molar-refractivity contribution < 1.29 is 0 Å². The molecule has 0 nitrogen and oxygen atoms in total. The van der Waals surface area contributed by atoms with Crippen LogP contribution < -0.4 is 0 Å². The predicted molar refractivity (Wildman–Crippen MR) is 285 cm³/mol. The van der Waals surface area contributed by atoms with Crippen LogP contribution in [0.2, 0.25) is 0 Å². The van der Waals surface area contributed by atoms with Gasteiger partial charge in [0.25, 0.3) is 0 Å². The number of unbranched alkanes of at least 4 members (excludes halogenated alkanes) is 2. The Labute approximate surface area is 372 Å². The summed E-state index contributed by atoms with van der Waals surface area (Å²) < 4.78 is 0. The second-order valence-corrected chi connectivity index (χ2v) is 14.5. The van der Waals surface area contributed by atoms with Crippen LogP contribution in [0.3, 0.4) is 0 Å². The van der Waals surface area contributed by atoms with Crippen molar-refractivity contribution >= 4 is 5.57 Å². The number of hydrogen-bond acceptors (Lipinski definition) is 0. The van der Waals surface area contributed by atoms with Gasteiger partial charge in [0.05, 0.1) is 0 Å². The lowest BCUT2D eigenvalue weighted by molar-refractivity contribution is 0.188. The molecule has 0 saturated heterocycles. The van der Waals surface area contributed by atoms with E-state index in [1.54, 1.807) is 0 Å². The van der Waals surface area contributed by atoms with Gasteiger partial charge in [-0.05, 0) is 109 Å². The number of rotatable bonds is 13. The number of terminal acetylenes is 1. The fraction of sp³-hybridized carbons (Fsp3) is 0.621. The monoisotopic (exact) mass is 807 g/mol. The summed E-state index contributed by atoms with van der Waals surface area (Å²) >= 11 is 0. The van der Waals surface area contributed by atoms with E-state index in [0.717, 1.165) is 35.1 Å². The fourth-order valence-electron chi connectivity index (χ4n) is 3.49. The van der Waals surface area contributed by atoms with Crippen molar-refractivity contribution in [2.45, 2.75) is 231 Å². The summed E-state index contributed by atoms with van der Waals surface area (Å²) in [5, 5.41) is 0. The largest absolute Gasteiger partial charge is 0.115 e. The van der Waals surface area contributed by atoms with Gasteiger partial charge in [0.1, 0.15) is 0 Å². The molecular formula is C58H110. The van der Waals surface area contributed by atoms with Gasteiger partial charge in [0.2, 0.25) is 0 Å². The third-order valence-electron chi connectivity index (χ3n) is 8.13. The van der Waals surface area contributed by atoms with Crippen LogP contribution in [0.4, 0.5) is 0 Å². The maximum Gasteiger partial charge on any atom is 0.0280 e. The van der Waals surface area contributed by atoms with E-state index in [1.165, 1.54) is 72.8 Å². The molecule has 0 heteroatoms. The molecule has 58 heavy (non-hydrogen) atoms. The van der Waals surface area contributed by atoms with E-state index < -0.39 is 0 Å². The molecule has 0 N–H and O–H groups in total. The Kier molecular flexibility index (Phi) is 79.2. The molecule has 0 heterocycles. The average molecular weight is 808 g/mol. The van der Waals surface area contributed by atoms with E-state index in [0.29, 0.717) is 11.3 Å². The Bertz CT molecular complexity index is 1150. The molecule has 342 valence electrons. The molecule has 0 radical (unpaired) electrons. The molecule has 1 unspecified atom stereocenters. The van der Waals surface area contributed by atoms with Crippen molar-refractivity contribution in [3.63, 3.8) is 0 Å². The highest BCUT2D eigenvalue weighted by atomic mass is 14.3. The molecule has 0 spiro atoms. The Hall–Kier alpha value is -3.04. The first-order valence-electron chi connectivity index (χ1n) is 23.4. The highest BCUT2D eigenvalue weighted by molar-refractivity contribution is 5.73. The van der Waals surface area contributed by atoms with Gasteiger partial charge in [0, 0.05) is 5.56 Å². The summed E-state index contributed by atoms with van der Waals surface area (Å²) in [7, 11) is 0. The van der Waals surface area contributed by atoms with E-state index >= 15 is 0 Å². The fourth-order valence-corrected chi connectivity index (χ4v) is 3.49. The first-order valence-corrected chi connectivity index (χ1v) is 23.4. The van der Waals surface area contributed by atoms with Crippen molar-refractivity contribution in [1.82, 2.24) is 0 Å². The Morgan fingerprint density at radius 1 is 0.672 bits per heavy atom. The summed E-state index contributed by atoms with van der Waals surface area (Å²) in [6.45, 7) is 67.5. The van der Waals surface area contributed by atoms with Crippen LogP contribution in [-0.4, -0.2) is 0 Å². The lowest BCUT2D eigenvalue weighted by Crippen LogP contribution is -2.25. The molecule has 0 aromatic heterocycles. The maximum atomic E-state index is 5.79. The van der Waals surface area contributed by atoms with E-state index in [-0.39, 0.29) is 0 Å². The number of allylic oxidation sites excluding steroid dienone is 10. The summed E-state index contributed by atoms with van der Waals surface area (Å²) in [6.07, 6.45) is 25.1. The van der Waals surface area contributed by atoms with E-state index in [4.69, 9.17) is 6.42 Å². The lowest BCUT2D eigenvalue weighted by Gasteiger charge is -2.34. The van der Waals surface area contributed by atoms with E-state index in [1.807, 2.05) is 108 Å². The molecule has 0 aliphatic heterocycles. The molecule has 1 aromatic rings. The second kappa shape index (κ2) is 60.6. The highest BCUT2D eigenvalue weighted by Gasteiger charge is 2.27. The van der Waals surface area contributed by atoms with Gasteiger partial charge in [-0.3, -0.25) is 0 Å². The highest BCUT2D eigenvalue weighted by Crippen LogP contribution is 2.37. The minimum atomic E-state index is 0.342. The molecule has 1 atom stereocenters. The molecule has 0 amide bonds. The van der Waals surface area contributed by atoms with Gasteiger partial charge in [-0.25, -0.2) is 0 Å². The zero-order chi connectivity index (χ0) is 48.3. The van der Waals surface area contributed by atoms with Gasteiger partial charge in [-0.15, -0.1) is 19.6 Å². The van der Waals surface area contributed by atoms with E-state index in [2.05, 4.69) is 140 Å². The number of hydrogen-bond donors (Lipinski definition) is 0. The van der Waals surface area contributed by atoms with Crippen molar-refractivity contribution in [3.05, 3.63) is 113 Å². The van der Waals surface area contributed by atoms with Crippen LogP contribution in [0.15, 0.2) is 96.7 Å². The van der Waals surface area contributed by atoms with Gasteiger partial charge in [-0.1, -0.05) is 240 Å². The summed E-state index contributed by atoms with van der Waals surface area (Å²) in [6, 6.07) is 6.47. The molecule has 1 aromatic carbocycles. The molecule has 0 fully saturated rings. The first kappa shape index (κ1) is 75.8. The standard InChI is InChI=1S/C23H32.C10H16.C5H10.C4H8.2C4H10.4C2H6/c1-8-12-18(5)20-14-15-21(19(10-3)16-20)17-22(13-9-2)23(6,7)11-4;1-8(2)6-7-10(5)9(3)4;1-4-5(2)3;1-4(2)3;2*1-3-4-2;4*1-2/h3,8,12,14-16,22H,5,9,11,13,17H2,1-2,4,6-7H3;6-7H,1H2,2-5H3;2,4H2,1,3H3;1H2,2-3H3;2*3-4H2,1-2H3;4*1-2H3/b12-8-;7-6-;;;;;;;;. The smallest absolute Gasteiger partial charge is 0.0280 e. The van der Waals surface area contributed by atoms with Gasteiger partial charge >= 0.3 is 0 Å². The summed E-state index contributed by atoms with van der Waals surface area (Å²) in [5.74, 6) is 3.55. The Morgan fingerprint density at radius 3 is 1.33 bits per heavy atom. The quantitative estimate of drug-likeness (QED) is 0.106. The van der Waals surface area contributed by atoms with E-state index in [9.17, 15) is 0 Å². The van der Waals surface area contributed by atoms with Crippen LogP contribution in [0.25, 0.3) is 5.57 Å². The summed E-state index contributed by atoms with van der Waals surface area (Å²) in [5.41, 5.74) is 11.0. The van der Waals surface area contributed by atoms with Crippen LogP contribution in [-0.2, 0) is 6.42 Å². The first-order chi connectivity index (χ1) is 27.3. The lowest BCUT2D eigenvalue weighted by atomic mass is 9.71. The van der Waals surface area contributed by atoms with Crippen molar-refractivity contribution in [2.24, 2.45) is 11.3 Å². The minimum absolute atomic E-state index is 0.342. The average Bonchev–Trinajstić information content (AvgIpc) is 3.23. The molecule has 0 aliphatic rings. The molecule has 0 saturated carbocycles. The van der Waals surface area contributed by atoms with Crippen LogP contribution >= 0.6 is 0 Å². The van der Waals surface area contributed by atoms with Crippen molar-refractivity contribution in [1.29, 1.82) is 0 Å². The summed E-state index contributed by atoms with van der Waals surface area (Å²) in [4.78, 5) is 0. The molecule has 1 rings (SSSR count). The van der Waals surface area contributed by atoms with Crippen LogP contribution in [0.5, 0.6) is 0 Å². The van der Waals surface area contributed by atoms with Gasteiger partial charge in [0.15, 0.2) is 0 Å². The zero-order valence-electron chi connectivity index (χ0n) is 44.9. The molecule has 0 aliphatic carbocycles. The topological polar surface area (TPSA) is 0 Å². The van der Waals surface area contributed by atoms with Crippen LogP contribution in [0.1, 0.15) is 241 Å². The second-order valence-electron chi connectivity index (χ2n) is 14.5. The van der Waals surface area contributed by atoms with Crippen molar-refractivity contribution in [2.75, 3.05) is 0 Å². The SMILES string of the molecule is C#Cc1cc(C(=C)/C=C\C)ccc1CC(CCC)C(C)(C)CC.C=C(C)/C=C\C(C)=C(C)C.C=C(C)C.C=C(C)CC.CC.CC.CC.CC.CCCC.CCCC. The predicted octanol–water partition coefficient (Wildman–Crippen LogP) is 21.4. The number of benzene rings is 1. The van der Waals surface area contributed by atoms with Gasteiger partial charge in [-0.2, -0.15) is 0 Å². The zero-order valence-corrected chi connectivity index (χ0v) is 44.9. The van der Waals surface area contributed by atoms with Crippen molar-refractivity contribution in [3.8, 4) is 12.3 Å². The normalized spacial score (nSPS) is 9.45. The Morgan fingerprint density at radius 2 is 1.07 bits per heavy atom. The molecular weight excluding hydrogens is 697 g/mol. The third-order valence-corrected chi connectivity index (χ3v) is 8.13.